The van der Waals surface area contributed by atoms with Gasteiger partial charge in [-0.15, -0.1) is 11.3 Å². The summed E-state index contributed by atoms with van der Waals surface area (Å²) in [5.74, 6) is 0. The molecule has 0 bridgehead atoms. The maximum absolute atomic E-state index is 13.0. The first-order chi connectivity index (χ1) is 12.6. The summed E-state index contributed by atoms with van der Waals surface area (Å²) in [5.41, 5.74) is 0. The zero-order valence-electron chi connectivity index (χ0n) is 14.5. The average Bonchev–Trinajstić information content (AvgIpc) is 3.20. The fourth-order valence-electron chi connectivity index (χ4n) is 3.39. The van der Waals surface area contributed by atoms with Gasteiger partial charge in [0.15, 0.2) is 0 Å². The molecule has 0 radical (unpaired) electrons. The third kappa shape index (κ3) is 3.69. The predicted molar refractivity (Wildman–Crippen MR) is 107 cm³/mol. The molecule has 0 amide bonds. The van der Waals surface area contributed by atoms with Crippen molar-refractivity contribution in [2.75, 3.05) is 32.7 Å². The van der Waals surface area contributed by atoms with Crippen LogP contribution in [0.25, 0.3) is 10.8 Å². The summed E-state index contributed by atoms with van der Waals surface area (Å²) in [5, 5.41) is 4.12. The molecule has 2 heterocycles. The lowest BCUT2D eigenvalue weighted by atomic mass is 10.1. The second-order valence-corrected chi connectivity index (χ2v) is 9.55. The van der Waals surface area contributed by atoms with Gasteiger partial charge in [-0.3, -0.25) is 0 Å². The van der Waals surface area contributed by atoms with Gasteiger partial charge in [0.25, 0.3) is 0 Å². The summed E-state index contributed by atoms with van der Waals surface area (Å²) in [4.78, 5) is 4.13. The van der Waals surface area contributed by atoms with Gasteiger partial charge in [-0.25, -0.2) is 8.42 Å². The molecule has 1 saturated heterocycles. The fourth-order valence-corrected chi connectivity index (χ4v) is 5.55. The lowest BCUT2D eigenvalue weighted by Crippen LogP contribution is -2.48. The van der Waals surface area contributed by atoms with Crippen LogP contribution in [-0.4, -0.2) is 50.3 Å². The van der Waals surface area contributed by atoms with Gasteiger partial charge in [-0.2, -0.15) is 4.31 Å². The van der Waals surface area contributed by atoms with Gasteiger partial charge in [0.2, 0.25) is 10.0 Å². The normalized spacial score (nSPS) is 16.9. The SMILES string of the molecule is O=S(=O)(c1ccc2ccccc2c1)N1CCN(CCc2cccs2)CC1. The maximum atomic E-state index is 13.0. The van der Waals surface area contributed by atoms with E-state index < -0.39 is 10.0 Å². The Balaban J connectivity index is 1.42. The molecule has 1 aliphatic heterocycles. The van der Waals surface area contributed by atoms with Crippen LogP contribution in [0.15, 0.2) is 64.9 Å². The number of hydrogen-bond acceptors (Lipinski definition) is 4. The highest BCUT2D eigenvalue weighted by molar-refractivity contribution is 7.89. The second-order valence-electron chi connectivity index (χ2n) is 6.58. The minimum absolute atomic E-state index is 0.392. The van der Waals surface area contributed by atoms with E-state index in [0.717, 1.165) is 36.8 Å². The van der Waals surface area contributed by atoms with Gasteiger partial charge in [0.1, 0.15) is 0 Å². The van der Waals surface area contributed by atoms with Crippen molar-refractivity contribution in [3.8, 4) is 0 Å². The van der Waals surface area contributed by atoms with Crippen molar-refractivity contribution in [1.29, 1.82) is 0 Å². The molecular formula is C20H22N2O2S2. The Morgan fingerprint density at radius 3 is 2.38 bits per heavy atom. The predicted octanol–water partition coefficient (Wildman–Crippen LogP) is 3.45. The Labute approximate surface area is 158 Å². The lowest BCUT2D eigenvalue weighted by Gasteiger charge is -2.33. The second kappa shape index (κ2) is 7.48. The van der Waals surface area contributed by atoms with Crippen molar-refractivity contribution in [2.24, 2.45) is 0 Å². The number of piperazine rings is 1. The van der Waals surface area contributed by atoms with E-state index in [1.165, 1.54) is 4.88 Å². The summed E-state index contributed by atoms with van der Waals surface area (Å²) < 4.78 is 27.6. The molecule has 4 rings (SSSR count). The number of sulfonamides is 1. The van der Waals surface area contributed by atoms with Crippen LogP contribution >= 0.6 is 11.3 Å². The van der Waals surface area contributed by atoms with E-state index in [1.807, 2.05) is 30.3 Å². The highest BCUT2D eigenvalue weighted by Gasteiger charge is 2.28. The van der Waals surface area contributed by atoms with Crippen LogP contribution in [0.2, 0.25) is 0 Å². The van der Waals surface area contributed by atoms with Crippen LogP contribution in [0.4, 0.5) is 0 Å². The molecule has 4 nitrogen and oxygen atoms in total. The minimum Gasteiger partial charge on any atom is -0.300 e. The monoisotopic (exact) mass is 386 g/mol. The van der Waals surface area contributed by atoms with Crippen LogP contribution in [0.5, 0.6) is 0 Å². The van der Waals surface area contributed by atoms with Crippen molar-refractivity contribution in [3.63, 3.8) is 0 Å². The zero-order chi connectivity index (χ0) is 18.0. The van der Waals surface area contributed by atoms with Gasteiger partial charge in [-0.05, 0) is 40.8 Å². The number of thiophene rings is 1. The molecule has 6 heteroatoms. The Morgan fingerprint density at radius 2 is 1.65 bits per heavy atom. The molecule has 0 saturated carbocycles. The number of nitrogens with zero attached hydrogens (tertiary/aromatic N) is 2. The van der Waals surface area contributed by atoms with Crippen LogP contribution < -0.4 is 0 Å². The van der Waals surface area contributed by atoms with Crippen LogP contribution in [-0.2, 0) is 16.4 Å². The maximum Gasteiger partial charge on any atom is 0.243 e. The van der Waals surface area contributed by atoms with Crippen LogP contribution in [0, 0.1) is 0 Å². The minimum atomic E-state index is -3.43. The van der Waals surface area contributed by atoms with E-state index in [1.54, 1.807) is 27.8 Å². The first kappa shape index (κ1) is 17.7. The van der Waals surface area contributed by atoms with Gasteiger partial charge in [0.05, 0.1) is 4.90 Å². The summed E-state index contributed by atoms with van der Waals surface area (Å²) in [7, 11) is -3.43. The first-order valence-corrected chi connectivity index (χ1v) is 11.2. The summed E-state index contributed by atoms with van der Waals surface area (Å²) in [6.45, 7) is 3.68. The van der Waals surface area contributed by atoms with E-state index >= 15 is 0 Å². The molecule has 136 valence electrons. The fraction of sp³-hybridized carbons (Fsp3) is 0.300. The van der Waals surface area contributed by atoms with Gasteiger partial charge < -0.3 is 4.90 Å². The Hall–Kier alpha value is -1.73. The third-order valence-corrected chi connectivity index (χ3v) is 7.78. The van der Waals surface area contributed by atoms with Gasteiger partial charge >= 0.3 is 0 Å². The quantitative estimate of drug-likeness (QED) is 0.674. The number of fused-ring (bicyclic) bond motifs is 1. The first-order valence-electron chi connectivity index (χ1n) is 8.87. The molecule has 0 spiro atoms. The largest absolute Gasteiger partial charge is 0.300 e. The standard InChI is InChI=1S/C20H22N2O2S2/c23-26(24,20-8-7-17-4-1-2-5-18(17)16-20)22-13-11-21(12-14-22)10-9-19-6-3-15-25-19/h1-8,15-16H,9-14H2. The van der Waals surface area contributed by atoms with Gasteiger partial charge in [0, 0.05) is 37.6 Å². The highest BCUT2D eigenvalue weighted by atomic mass is 32.2. The zero-order valence-corrected chi connectivity index (χ0v) is 16.2. The topological polar surface area (TPSA) is 40.6 Å². The van der Waals surface area contributed by atoms with Crippen molar-refractivity contribution < 1.29 is 8.42 Å². The van der Waals surface area contributed by atoms with E-state index in [2.05, 4.69) is 22.4 Å². The molecule has 2 aromatic carbocycles. The van der Waals surface area contributed by atoms with Gasteiger partial charge in [-0.1, -0.05) is 36.4 Å². The highest BCUT2D eigenvalue weighted by Crippen LogP contribution is 2.23. The molecule has 0 atom stereocenters. The molecule has 0 N–H and O–H groups in total. The van der Waals surface area contributed by atoms with E-state index in [0.29, 0.717) is 18.0 Å². The third-order valence-electron chi connectivity index (χ3n) is 4.94. The van der Waals surface area contributed by atoms with Crippen LogP contribution in [0.1, 0.15) is 4.88 Å². The molecule has 1 aliphatic rings. The molecule has 0 aliphatic carbocycles. The Kier molecular flexibility index (Phi) is 5.09. The smallest absolute Gasteiger partial charge is 0.243 e. The van der Waals surface area contributed by atoms with E-state index in [9.17, 15) is 8.42 Å². The van der Waals surface area contributed by atoms with Crippen molar-refractivity contribution >= 4 is 32.1 Å². The van der Waals surface area contributed by atoms with Crippen molar-refractivity contribution in [2.45, 2.75) is 11.3 Å². The molecule has 1 fully saturated rings. The number of hydrogen-bond donors (Lipinski definition) is 0. The Bertz CT molecular complexity index is 976. The average molecular weight is 387 g/mol. The molecule has 0 unspecified atom stereocenters. The number of benzene rings is 2. The number of rotatable bonds is 5. The Morgan fingerprint density at radius 1 is 0.885 bits per heavy atom. The lowest BCUT2D eigenvalue weighted by molar-refractivity contribution is 0.190. The molecule has 3 aromatic rings. The molecule has 26 heavy (non-hydrogen) atoms. The van der Waals surface area contributed by atoms with Crippen molar-refractivity contribution in [3.05, 3.63) is 64.9 Å². The van der Waals surface area contributed by atoms with E-state index in [4.69, 9.17) is 0 Å². The van der Waals surface area contributed by atoms with Crippen molar-refractivity contribution in [1.82, 2.24) is 9.21 Å². The van der Waals surface area contributed by atoms with E-state index in [-0.39, 0.29) is 0 Å². The molecule has 1 aromatic heterocycles. The summed E-state index contributed by atoms with van der Waals surface area (Å²) in [6.07, 6.45) is 1.04. The summed E-state index contributed by atoms with van der Waals surface area (Å²) >= 11 is 1.78. The van der Waals surface area contributed by atoms with Crippen LogP contribution in [0.3, 0.4) is 0 Å². The summed E-state index contributed by atoms with van der Waals surface area (Å²) in [6, 6.07) is 17.5. The molecular weight excluding hydrogens is 364 g/mol.